The van der Waals surface area contributed by atoms with Crippen LogP contribution < -0.4 is 0 Å². The van der Waals surface area contributed by atoms with E-state index in [2.05, 4.69) is 0 Å². The number of hydrogen-bond donors (Lipinski definition) is 0. The molecule has 4 bridgehead atoms. The van der Waals surface area contributed by atoms with Gasteiger partial charge in [0.15, 0.2) is 0 Å². The molecule has 0 unspecified atom stereocenters. The summed E-state index contributed by atoms with van der Waals surface area (Å²) < 4.78 is 0. The number of amides is 1. The lowest BCUT2D eigenvalue weighted by molar-refractivity contribution is -0.193. The maximum absolute atomic E-state index is 12.7. The summed E-state index contributed by atoms with van der Waals surface area (Å²) in [5.41, 5.74) is -0.0148. The van der Waals surface area contributed by atoms with Crippen LogP contribution in [0.4, 0.5) is 0 Å². The van der Waals surface area contributed by atoms with Crippen LogP contribution in [0.3, 0.4) is 0 Å². The Kier molecular flexibility index (Phi) is 2.11. The van der Waals surface area contributed by atoms with E-state index in [-0.39, 0.29) is 5.41 Å². The molecule has 5 rings (SSSR count). The molecule has 3 nitrogen and oxygen atoms in total. The summed E-state index contributed by atoms with van der Waals surface area (Å²) in [6.45, 7) is 1.55. The van der Waals surface area contributed by atoms with Crippen molar-refractivity contribution in [3.05, 3.63) is 0 Å². The Hall–Kier alpha value is -0.570. The third kappa shape index (κ3) is 1.48. The molecule has 94 valence electrons. The zero-order chi connectivity index (χ0) is 11.5. The highest BCUT2D eigenvalue weighted by Gasteiger charge is 2.56. The van der Waals surface area contributed by atoms with Crippen molar-refractivity contribution in [3.8, 4) is 0 Å². The van der Waals surface area contributed by atoms with E-state index in [1.165, 1.54) is 19.3 Å². The van der Waals surface area contributed by atoms with Crippen molar-refractivity contribution in [1.82, 2.24) is 5.06 Å². The van der Waals surface area contributed by atoms with Gasteiger partial charge in [-0.2, -0.15) is 0 Å². The first-order valence-electron chi connectivity index (χ1n) is 7.20. The van der Waals surface area contributed by atoms with E-state index in [4.69, 9.17) is 4.84 Å². The van der Waals surface area contributed by atoms with E-state index >= 15 is 0 Å². The van der Waals surface area contributed by atoms with Gasteiger partial charge in [-0.1, -0.05) is 0 Å². The minimum absolute atomic E-state index is 0.0148. The summed E-state index contributed by atoms with van der Waals surface area (Å²) in [6, 6.07) is 0. The molecule has 5 fully saturated rings. The predicted molar refractivity (Wildman–Crippen MR) is 62.9 cm³/mol. The molecular weight excluding hydrogens is 214 g/mol. The van der Waals surface area contributed by atoms with Crippen LogP contribution in [0.5, 0.6) is 0 Å². The maximum atomic E-state index is 12.7. The Morgan fingerprint density at radius 2 is 1.65 bits per heavy atom. The second kappa shape index (κ2) is 3.47. The van der Waals surface area contributed by atoms with E-state index in [9.17, 15) is 4.79 Å². The molecule has 0 aromatic heterocycles. The Morgan fingerprint density at radius 3 is 2.12 bits per heavy atom. The smallest absolute Gasteiger partial charge is 0.252 e. The molecule has 17 heavy (non-hydrogen) atoms. The van der Waals surface area contributed by atoms with Crippen LogP contribution in [0, 0.1) is 23.2 Å². The summed E-state index contributed by atoms with van der Waals surface area (Å²) in [6.07, 6.45) is 8.65. The Labute approximate surface area is 102 Å². The van der Waals surface area contributed by atoms with Gasteiger partial charge in [0.1, 0.15) is 0 Å². The highest BCUT2D eigenvalue weighted by Crippen LogP contribution is 2.60. The first kappa shape index (κ1) is 10.4. The van der Waals surface area contributed by atoms with Crippen molar-refractivity contribution in [3.63, 3.8) is 0 Å². The molecule has 1 aliphatic heterocycles. The fraction of sp³-hybridized carbons (Fsp3) is 0.929. The Balaban J connectivity index is 1.61. The average Bonchev–Trinajstić information content (AvgIpc) is 2.79. The molecule has 3 heteroatoms. The molecule has 0 atom stereocenters. The first-order valence-corrected chi connectivity index (χ1v) is 7.20. The minimum atomic E-state index is -0.0148. The van der Waals surface area contributed by atoms with E-state index < -0.39 is 0 Å². The van der Waals surface area contributed by atoms with Crippen LogP contribution in [0.25, 0.3) is 0 Å². The van der Waals surface area contributed by atoms with Gasteiger partial charge >= 0.3 is 0 Å². The minimum Gasteiger partial charge on any atom is -0.272 e. The SMILES string of the molecule is O=C(N1CCCO1)C12CC3CC(CC(C3)C1)C2. The van der Waals surface area contributed by atoms with E-state index in [1.807, 2.05) is 0 Å². The van der Waals surface area contributed by atoms with Crippen molar-refractivity contribution in [2.75, 3.05) is 13.2 Å². The monoisotopic (exact) mass is 235 g/mol. The molecule has 0 N–H and O–H groups in total. The summed E-state index contributed by atoms with van der Waals surface area (Å²) in [5.74, 6) is 2.85. The van der Waals surface area contributed by atoms with Gasteiger partial charge in [-0.25, -0.2) is 5.06 Å². The fourth-order valence-corrected chi connectivity index (χ4v) is 5.24. The summed E-state index contributed by atoms with van der Waals surface area (Å²) in [5, 5.41) is 1.69. The second-order valence-corrected chi connectivity index (χ2v) is 6.79. The molecule has 1 amide bonds. The molecule has 5 aliphatic rings. The summed E-state index contributed by atoms with van der Waals surface area (Å²) in [7, 11) is 0. The van der Waals surface area contributed by atoms with Crippen LogP contribution >= 0.6 is 0 Å². The second-order valence-electron chi connectivity index (χ2n) is 6.79. The number of hydroxylamine groups is 2. The van der Waals surface area contributed by atoms with Gasteiger partial charge in [0, 0.05) is 0 Å². The van der Waals surface area contributed by atoms with Gasteiger partial charge in [-0.15, -0.1) is 0 Å². The lowest BCUT2D eigenvalue weighted by atomic mass is 9.49. The molecule has 0 radical (unpaired) electrons. The van der Waals surface area contributed by atoms with E-state index in [0.717, 1.165) is 56.6 Å². The maximum Gasteiger partial charge on any atom is 0.252 e. The lowest BCUT2D eigenvalue weighted by Crippen LogP contribution is -2.53. The standard InChI is InChI=1S/C14H21NO2/c16-13(15-2-1-3-17-15)14-7-10-4-11(8-14)6-12(5-10)9-14/h10-12H,1-9H2. The highest BCUT2D eigenvalue weighted by molar-refractivity contribution is 5.82. The molecular formula is C14H21NO2. The molecule has 4 saturated carbocycles. The van der Waals surface area contributed by atoms with Crippen molar-refractivity contribution in [2.45, 2.75) is 44.9 Å². The van der Waals surface area contributed by atoms with Gasteiger partial charge < -0.3 is 0 Å². The molecule has 4 aliphatic carbocycles. The van der Waals surface area contributed by atoms with Crippen LogP contribution in [-0.4, -0.2) is 24.1 Å². The van der Waals surface area contributed by atoms with Crippen molar-refractivity contribution in [1.29, 1.82) is 0 Å². The predicted octanol–water partition coefficient (Wildman–Crippen LogP) is 2.37. The average molecular weight is 235 g/mol. The summed E-state index contributed by atoms with van der Waals surface area (Å²) >= 11 is 0. The number of nitrogens with zero attached hydrogens (tertiary/aromatic N) is 1. The van der Waals surface area contributed by atoms with Crippen molar-refractivity contribution in [2.24, 2.45) is 23.2 Å². The van der Waals surface area contributed by atoms with Gasteiger partial charge in [0.2, 0.25) is 0 Å². The molecule has 0 spiro atoms. The zero-order valence-corrected chi connectivity index (χ0v) is 10.4. The first-order chi connectivity index (χ1) is 8.25. The Bertz CT molecular complexity index is 311. The molecule has 1 saturated heterocycles. The van der Waals surface area contributed by atoms with Gasteiger partial charge in [-0.3, -0.25) is 9.63 Å². The quantitative estimate of drug-likeness (QED) is 0.698. The van der Waals surface area contributed by atoms with Crippen LogP contribution in [-0.2, 0) is 9.63 Å². The number of hydrogen-bond acceptors (Lipinski definition) is 2. The van der Waals surface area contributed by atoms with E-state index in [1.54, 1.807) is 5.06 Å². The van der Waals surface area contributed by atoms with Crippen molar-refractivity contribution < 1.29 is 9.63 Å². The fourth-order valence-electron chi connectivity index (χ4n) is 5.24. The molecule has 1 heterocycles. The van der Waals surface area contributed by atoms with E-state index in [0.29, 0.717) is 5.91 Å². The van der Waals surface area contributed by atoms with Crippen LogP contribution in [0.2, 0.25) is 0 Å². The zero-order valence-electron chi connectivity index (χ0n) is 10.4. The molecule has 0 aromatic carbocycles. The number of carbonyl (C=O) groups excluding carboxylic acids is 1. The number of rotatable bonds is 1. The Morgan fingerprint density at radius 1 is 1.06 bits per heavy atom. The topological polar surface area (TPSA) is 29.5 Å². The van der Waals surface area contributed by atoms with Crippen LogP contribution in [0.15, 0.2) is 0 Å². The molecule has 0 aromatic rings. The van der Waals surface area contributed by atoms with Crippen LogP contribution in [0.1, 0.15) is 44.9 Å². The van der Waals surface area contributed by atoms with Crippen molar-refractivity contribution >= 4 is 5.91 Å². The summed E-state index contributed by atoms with van der Waals surface area (Å²) in [4.78, 5) is 18.2. The van der Waals surface area contributed by atoms with Gasteiger partial charge in [-0.05, 0) is 62.7 Å². The van der Waals surface area contributed by atoms with Gasteiger partial charge in [0.05, 0.1) is 18.6 Å². The van der Waals surface area contributed by atoms with Gasteiger partial charge in [0.25, 0.3) is 5.91 Å². The number of carbonyl (C=O) groups is 1. The highest BCUT2D eigenvalue weighted by atomic mass is 16.7. The largest absolute Gasteiger partial charge is 0.272 e. The third-order valence-electron chi connectivity index (χ3n) is 5.47. The lowest BCUT2D eigenvalue weighted by Gasteiger charge is -2.56. The third-order valence-corrected chi connectivity index (χ3v) is 5.47. The normalized spacial score (nSPS) is 47.8.